The summed E-state index contributed by atoms with van der Waals surface area (Å²) in [4.78, 5) is -0.812. The molecule has 0 saturated carbocycles. The largest absolute Gasteiger partial charge is 0.573 e. The van der Waals surface area contributed by atoms with Gasteiger partial charge in [-0.05, 0) is 23.7 Å². The number of rotatable bonds is 3. The lowest BCUT2D eigenvalue weighted by atomic mass is 10.3. The summed E-state index contributed by atoms with van der Waals surface area (Å²) in [6.07, 6.45) is -9.65. The molecular formula is C11H4ClF6N3OS2. The van der Waals surface area contributed by atoms with Gasteiger partial charge in [-0.1, -0.05) is 28.3 Å². The maximum absolute atomic E-state index is 12.7. The molecule has 2 rings (SSSR count). The lowest BCUT2D eigenvalue weighted by molar-refractivity contribution is -0.274. The van der Waals surface area contributed by atoms with Crippen LogP contribution in [-0.4, -0.2) is 20.9 Å². The van der Waals surface area contributed by atoms with E-state index in [2.05, 4.69) is 19.6 Å². The van der Waals surface area contributed by atoms with Gasteiger partial charge in [0, 0.05) is 6.07 Å². The number of hydrogen-bond acceptors (Lipinski definition) is 5. The number of nitrogens with zero attached hydrogens (tertiary/aromatic N) is 2. The van der Waals surface area contributed by atoms with Gasteiger partial charge < -0.3 is 10.1 Å². The number of ether oxygens (including phenoxy) is 1. The van der Waals surface area contributed by atoms with Crippen molar-refractivity contribution in [3.8, 4) is 5.75 Å². The summed E-state index contributed by atoms with van der Waals surface area (Å²) in [6, 6.07) is 2.85. The van der Waals surface area contributed by atoms with Crippen molar-refractivity contribution in [2.24, 2.45) is 0 Å². The average molecular weight is 408 g/mol. The van der Waals surface area contributed by atoms with Gasteiger partial charge in [0.05, 0.1) is 10.7 Å². The highest BCUT2D eigenvalue weighted by molar-refractivity contribution is 7.81. The SMILES string of the molecule is FC(F)(F)Oc1ccc(NC(=S)c2snnc2C(F)(F)F)c(Cl)c1. The summed E-state index contributed by atoms with van der Waals surface area (Å²) >= 11 is 11.0. The van der Waals surface area contributed by atoms with Crippen molar-refractivity contribution in [3.05, 3.63) is 33.8 Å². The van der Waals surface area contributed by atoms with Crippen LogP contribution in [0.4, 0.5) is 32.0 Å². The van der Waals surface area contributed by atoms with Gasteiger partial charge in [-0.3, -0.25) is 0 Å². The van der Waals surface area contributed by atoms with E-state index in [9.17, 15) is 26.3 Å². The number of nitrogens with one attached hydrogen (secondary N) is 1. The Balaban J connectivity index is 2.20. The van der Waals surface area contributed by atoms with Crippen molar-refractivity contribution in [3.63, 3.8) is 0 Å². The standard InChI is InChI=1S/C11H4ClF6N3OS2/c12-5-3-4(22-11(16,17)18)1-2-6(5)19-9(23)7-8(10(13,14)15)20-21-24-7/h1-3H,(H,19,23). The zero-order valence-electron chi connectivity index (χ0n) is 11.0. The van der Waals surface area contributed by atoms with E-state index in [0.717, 1.165) is 18.2 Å². The van der Waals surface area contributed by atoms with Crippen LogP contribution in [0.2, 0.25) is 5.02 Å². The highest BCUT2D eigenvalue weighted by atomic mass is 35.5. The highest BCUT2D eigenvalue weighted by Gasteiger charge is 2.38. The van der Waals surface area contributed by atoms with Gasteiger partial charge in [0.25, 0.3) is 0 Å². The fraction of sp³-hybridized carbons (Fsp3) is 0.182. The van der Waals surface area contributed by atoms with Crippen molar-refractivity contribution in [2.75, 3.05) is 5.32 Å². The molecule has 0 aliphatic heterocycles. The van der Waals surface area contributed by atoms with Crippen LogP contribution in [0.25, 0.3) is 0 Å². The fourth-order valence-electron chi connectivity index (χ4n) is 1.50. The number of benzene rings is 1. The van der Waals surface area contributed by atoms with Crippen LogP contribution in [0.15, 0.2) is 18.2 Å². The second-order valence-electron chi connectivity index (χ2n) is 4.09. The topological polar surface area (TPSA) is 47.0 Å². The second kappa shape index (κ2) is 6.69. The van der Waals surface area contributed by atoms with Crippen LogP contribution in [0.1, 0.15) is 10.6 Å². The molecule has 1 aromatic carbocycles. The van der Waals surface area contributed by atoms with Gasteiger partial charge in [0.15, 0.2) is 5.69 Å². The molecule has 0 aliphatic rings. The molecule has 1 N–H and O–H groups in total. The molecule has 4 nitrogen and oxygen atoms in total. The first-order valence-corrected chi connectivity index (χ1v) is 7.29. The molecule has 0 atom stereocenters. The van der Waals surface area contributed by atoms with Crippen LogP contribution in [-0.2, 0) is 6.18 Å². The monoisotopic (exact) mass is 407 g/mol. The van der Waals surface area contributed by atoms with Gasteiger partial charge >= 0.3 is 12.5 Å². The number of halogens is 7. The van der Waals surface area contributed by atoms with Crippen molar-refractivity contribution in [1.82, 2.24) is 9.59 Å². The minimum atomic E-state index is -4.90. The first kappa shape index (κ1) is 18.7. The normalized spacial score (nSPS) is 12.1. The predicted octanol–water partition coefficient (Wildman–Crippen LogP) is 4.90. The summed E-state index contributed by atoms with van der Waals surface area (Å²) in [5, 5.41) is 5.14. The minimum Gasteiger partial charge on any atom is -0.406 e. The summed E-state index contributed by atoms with van der Waals surface area (Å²) in [5.74, 6) is -0.584. The quantitative estimate of drug-likeness (QED) is 0.579. The lowest BCUT2D eigenvalue weighted by Gasteiger charge is -2.13. The van der Waals surface area contributed by atoms with E-state index < -0.39 is 28.9 Å². The van der Waals surface area contributed by atoms with Crippen LogP contribution >= 0.6 is 35.4 Å². The number of aromatic nitrogens is 2. The maximum Gasteiger partial charge on any atom is 0.573 e. The Kier molecular flexibility index (Phi) is 5.20. The minimum absolute atomic E-state index is 0.00212. The first-order chi connectivity index (χ1) is 11.0. The molecule has 0 amide bonds. The Hall–Kier alpha value is -1.66. The van der Waals surface area contributed by atoms with Gasteiger partial charge in [-0.15, -0.1) is 18.3 Å². The second-order valence-corrected chi connectivity index (χ2v) is 5.66. The number of hydrogen-bond donors (Lipinski definition) is 1. The van der Waals surface area contributed by atoms with Crippen LogP contribution in [0.3, 0.4) is 0 Å². The Morgan fingerprint density at radius 1 is 1.21 bits per heavy atom. The van der Waals surface area contributed by atoms with Gasteiger partial charge in [-0.2, -0.15) is 13.2 Å². The predicted molar refractivity (Wildman–Crippen MR) is 78.4 cm³/mol. The third-order valence-electron chi connectivity index (χ3n) is 2.39. The summed E-state index contributed by atoms with van der Waals surface area (Å²) in [7, 11) is 0. The summed E-state index contributed by atoms with van der Waals surface area (Å²) in [5.41, 5.74) is -1.27. The average Bonchev–Trinajstić information content (AvgIpc) is 2.89. The van der Waals surface area contributed by atoms with Crippen molar-refractivity contribution >= 4 is 46.0 Å². The van der Waals surface area contributed by atoms with E-state index in [1.807, 2.05) is 0 Å². The Morgan fingerprint density at radius 2 is 1.88 bits per heavy atom. The molecule has 24 heavy (non-hydrogen) atoms. The zero-order valence-corrected chi connectivity index (χ0v) is 13.4. The molecule has 130 valence electrons. The molecule has 0 bridgehead atoms. The Morgan fingerprint density at radius 3 is 2.42 bits per heavy atom. The first-order valence-electron chi connectivity index (χ1n) is 5.73. The molecule has 0 spiro atoms. The number of alkyl halides is 6. The number of thiocarbonyl (C=S) groups is 1. The fourth-order valence-corrected chi connectivity index (χ4v) is 2.62. The molecule has 0 aliphatic carbocycles. The molecule has 0 fully saturated rings. The molecular weight excluding hydrogens is 404 g/mol. The molecule has 1 aromatic heterocycles. The smallest absolute Gasteiger partial charge is 0.406 e. The third kappa shape index (κ3) is 4.68. The molecule has 0 saturated heterocycles. The van der Waals surface area contributed by atoms with E-state index in [4.69, 9.17) is 23.8 Å². The van der Waals surface area contributed by atoms with Gasteiger partial charge in [-0.25, -0.2) is 0 Å². The van der Waals surface area contributed by atoms with E-state index in [0.29, 0.717) is 11.5 Å². The van der Waals surface area contributed by atoms with Gasteiger partial charge in [0.1, 0.15) is 15.6 Å². The van der Waals surface area contributed by atoms with Crippen molar-refractivity contribution in [1.29, 1.82) is 0 Å². The van der Waals surface area contributed by atoms with Gasteiger partial charge in [0.2, 0.25) is 0 Å². The highest BCUT2D eigenvalue weighted by Crippen LogP contribution is 2.34. The van der Waals surface area contributed by atoms with E-state index >= 15 is 0 Å². The van der Waals surface area contributed by atoms with Crippen molar-refractivity contribution < 1.29 is 31.1 Å². The molecule has 0 radical (unpaired) electrons. The number of anilines is 1. The molecule has 2 aromatic rings. The van der Waals surface area contributed by atoms with E-state index in [1.54, 1.807) is 0 Å². The lowest BCUT2D eigenvalue weighted by Crippen LogP contribution is -2.18. The Labute approximate surface area is 144 Å². The molecule has 0 unspecified atom stereocenters. The summed E-state index contributed by atoms with van der Waals surface area (Å²) in [6.45, 7) is 0. The molecule has 13 heteroatoms. The van der Waals surface area contributed by atoms with Crippen LogP contribution < -0.4 is 10.1 Å². The molecule has 1 heterocycles. The van der Waals surface area contributed by atoms with Crippen molar-refractivity contribution in [2.45, 2.75) is 12.5 Å². The van der Waals surface area contributed by atoms with E-state index in [1.165, 1.54) is 0 Å². The van der Waals surface area contributed by atoms with E-state index in [-0.39, 0.29) is 15.7 Å². The maximum atomic E-state index is 12.7. The van der Waals surface area contributed by atoms with Crippen LogP contribution in [0, 0.1) is 0 Å². The van der Waals surface area contributed by atoms with Crippen LogP contribution in [0.5, 0.6) is 5.75 Å². The third-order valence-corrected chi connectivity index (χ3v) is 3.88. The zero-order chi connectivity index (χ0) is 18.1. The summed E-state index contributed by atoms with van der Waals surface area (Å²) < 4.78 is 81.4. The Bertz CT molecular complexity index is 761.